The molecule has 1 atom stereocenters. The van der Waals surface area contributed by atoms with E-state index in [1.165, 1.54) is 12.1 Å². The molecular formula is C30H39F6LiO4P+. The third-order valence-electron chi connectivity index (χ3n) is 6.21. The predicted octanol–water partition coefficient (Wildman–Crippen LogP) is 6.58. The van der Waals surface area contributed by atoms with Crippen LogP contribution in [0.15, 0.2) is 30.3 Å². The van der Waals surface area contributed by atoms with Gasteiger partial charge in [0.25, 0.3) is 0 Å². The molecule has 0 radical (unpaired) electrons. The summed E-state index contributed by atoms with van der Waals surface area (Å²) >= 11 is 0. The first-order chi connectivity index (χ1) is 19.4. The Morgan fingerprint density at radius 3 is 1.48 bits per heavy atom. The van der Waals surface area contributed by atoms with E-state index in [1.807, 2.05) is 13.8 Å². The van der Waals surface area contributed by atoms with Crippen molar-refractivity contribution in [3.8, 4) is 17.2 Å². The Kier molecular flexibility index (Phi) is 17.0. The van der Waals surface area contributed by atoms with E-state index in [2.05, 4.69) is 6.92 Å². The van der Waals surface area contributed by atoms with Gasteiger partial charge in [0, 0.05) is 17.7 Å². The number of unbranched alkanes of at least 4 members (excludes halogenated alkanes) is 6. The number of carbonyl (C=O) groups is 1. The van der Waals surface area contributed by atoms with Crippen LogP contribution in [0.4, 0.5) is 26.3 Å². The summed E-state index contributed by atoms with van der Waals surface area (Å²) in [6.45, 7) is 6.98. The van der Waals surface area contributed by atoms with E-state index in [1.54, 1.807) is 0 Å². The van der Waals surface area contributed by atoms with Crippen LogP contribution >= 0.6 is 8.58 Å². The fourth-order valence-electron chi connectivity index (χ4n) is 4.06. The fraction of sp³-hybridized carbons (Fsp3) is 0.567. The van der Waals surface area contributed by atoms with Gasteiger partial charge in [0.1, 0.15) is 17.2 Å². The maximum atomic E-state index is 13.8. The molecule has 1 unspecified atom stereocenters. The topological polar surface area (TPSA) is 44.8 Å². The van der Waals surface area contributed by atoms with Gasteiger partial charge in [-0.3, -0.25) is 4.79 Å². The monoisotopic (exact) mass is 615 g/mol. The molecule has 0 bridgehead atoms. The van der Waals surface area contributed by atoms with E-state index in [0.717, 1.165) is 44.9 Å². The number of halogens is 6. The van der Waals surface area contributed by atoms with E-state index in [4.69, 9.17) is 14.2 Å². The van der Waals surface area contributed by atoms with Crippen molar-refractivity contribution >= 4 is 19.4 Å². The molecule has 12 heteroatoms. The van der Waals surface area contributed by atoms with Gasteiger partial charge in [-0.25, -0.2) is 0 Å². The molecule has 0 aliphatic rings. The Bertz CT molecular complexity index is 1040. The SMILES string of the molecule is CCCCCOc1cc(OCCCCC)c(PC(=O)c2c(C(F)(F)F)cccc2C(F)(F)F)c(OCCCCC)c1.[Li+]. The van der Waals surface area contributed by atoms with Crippen molar-refractivity contribution in [2.45, 2.75) is 90.9 Å². The molecule has 0 spiro atoms. The van der Waals surface area contributed by atoms with E-state index in [9.17, 15) is 31.1 Å². The van der Waals surface area contributed by atoms with Crippen molar-refractivity contribution in [1.29, 1.82) is 0 Å². The fourth-order valence-corrected chi connectivity index (χ4v) is 5.21. The van der Waals surface area contributed by atoms with E-state index >= 15 is 0 Å². The number of ether oxygens (including phenoxy) is 3. The Morgan fingerprint density at radius 1 is 0.690 bits per heavy atom. The standard InChI is InChI=1S/C30H39F6O4P.Li/c1-4-7-10-16-38-21-19-24(39-17-11-8-5-2)27(25(20-21)40-18-12-9-6-3)41-28(37)26-22(29(31,32)33)14-13-15-23(26)30(34,35)36;/h13-15,19-20,41H,4-12,16-18H2,1-3H3;/q;+1. The summed E-state index contributed by atoms with van der Waals surface area (Å²) in [6, 6.07) is 4.70. The second-order valence-corrected chi connectivity index (χ2v) is 10.8. The van der Waals surface area contributed by atoms with Crippen LogP contribution in [0.5, 0.6) is 17.2 Å². The summed E-state index contributed by atoms with van der Waals surface area (Å²) in [6.07, 6.45) is -2.68. The van der Waals surface area contributed by atoms with E-state index < -0.39 is 43.1 Å². The van der Waals surface area contributed by atoms with Crippen molar-refractivity contribution in [2.24, 2.45) is 0 Å². The van der Waals surface area contributed by atoms with Crippen molar-refractivity contribution < 1.29 is 64.2 Å². The van der Waals surface area contributed by atoms with Gasteiger partial charge in [-0.2, -0.15) is 26.3 Å². The summed E-state index contributed by atoms with van der Waals surface area (Å²) in [5.74, 6) is 0.707. The van der Waals surface area contributed by atoms with Crippen molar-refractivity contribution in [3.05, 3.63) is 47.0 Å². The molecular weight excluding hydrogens is 576 g/mol. The van der Waals surface area contributed by atoms with E-state index in [0.29, 0.717) is 43.4 Å². The third-order valence-corrected chi connectivity index (χ3v) is 7.43. The minimum atomic E-state index is -5.16. The molecule has 0 N–H and O–H groups in total. The maximum absolute atomic E-state index is 13.8. The number of hydrogen-bond acceptors (Lipinski definition) is 4. The summed E-state index contributed by atoms with van der Waals surface area (Å²) in [5, 5.41) is 0.119. The molecule has 230 valence electrons. The molecule has 4 nitrogen and oxygen atoms in total. The smallest absolute Gasteiger partial charge is 0.493 e. The molecule has 42 heavy (non-hydrogen) atoms. The summed E-state index contributed by atoms with van der Waals surface area (Å²) in [7, 11) is -1.12. The molecule has 0 aliphatic carbocycles. The van der Waals surface area contributed by atoms with Gasteiger partial charge in [-0.15, -0.1) is 0 Å². The zero-order valence-electron chi connectivity index (χ0n) is 24.8. The largest absolute Gasteiger partial charge is 1.00 e. The molecule has 0 amide bonds. The molecule has 0 saturated heterocycles. The summed E-state index contributed by atoms with van der Waals surface area (Å²) in [4.78, 5) is 13.4. The van der Waals surface area contributed by atoms with Gasteiger partial charge in [-0.05, 0) is 40.0 Å². The first kappa shape index (κ1) is 38.1. The molecule has 0 heterocycles. The van der Waals surface area contributed by atoms with Gasteiger partial charge in [-0.1, -0.05) is 65.4 Å². The Balaban J connectivity index is 0.00000882. The minimum absolute atomic E-state index is 0. The average molecular weight is 616 g/mol. The number of benzene rings is 2. The zero-order chi connectivity index (χ0) is 30.5. The minimum Gasteiger partial charge on any atom is -0.493 e. The quantitative estimate of drug-likeness (QED) is 0.0823. The zero-order valence-corrected chi connectivity index (χ0v) is 25.8. The summed E-state index contributed by atoms with van der Waals surface area (Å²) in [5.41, 5.74) is -5.97. The van der Waals surface area contributed by atoms with Crippen LogP contribution in [0.1, 0.15) is 100 Å². The first-order valence-electron chi connectivity index (χ1n) is 14.1. The number of alkyl halides is 6. The Hall–Kier alpha value is -1.88. The molecule has 2 aromatic rings. The normalized spacial score (nSPS) is 11.9. The number of hydrogen-bond donors (Lipinski definition) is 0. The first-order valence-corrected chi connectivity index (χ1v) is 15.1. The second kappa shape index (κ2) is 18.7. The molecule has 2 aromatic carbocycles. The molecule has 0 aromatic heterocycles. The number of rotatable bonds is 18. The van der Waals surface area contributed by atoms with Crippen molar-refractivity contribution in [2.75, 3.05) is 19.8 Å². The van der Waals surface area contributed by atoms with Crippen LogP contribution < -0.4 is 38.4 Å². The molecule has 2 rings (SSSR count). The molecule has 0 saturated carbocycles. The Morgan fingerprint density at radius 2 is 1.10 bits per heavy atom. The predicted molar refractivity (Wildman–Crippen MR) is 150 cm³/mol. The van der Waals surface area contributed by atoms with Crippen LogP contribution in [0.3, 0.4) is 0 Å². The van der Waals surface area contributed by atoms with Crippen molar-refractivity contribution in [3.63, 3.8) is 0 Å². The van der Waals surface area contributed by atoms with Gasteiger partial charge in [0.2, 0.25) is 0 Å². The van der Waals surface area contributed by atoms with Crippen LogP contribution in [0, 0.1) is 0 Å². The molecule has 0 fully saturated rings. The van der Waals surface area contributed by atoms with Gasteiger partial charge in [0.15, 0.2) is 5.52 Å². The molecule has 0 aliphatic heterocycles. The Labute approximate surface area is 258 Å². The van der Waals surface area contributed by atoms with E-state index in [-0.39, 0.29) is 48.9 Å². The summed E-state index contributed by atoms with van der Waals surface area (Å²) < 4.78 is 101. The van der Waals surface area contributed by atoms with Crippen LogP contribution in [-0.2, 0) is 12.4 Å². The van der Waals surface area contributed by atoms with Gasteiger partial charge in [0.05, 0.1) is 36.3 Å². The third kappa shape index (κ3) is 12.0. The maximum Gasteiger partial charge on any atom is 1.00 e. The van der Waals surface area contributed by atoms with Crippen molar-refractivity contribution in [1.82, 2.24) is 0 Å². The van der Waals surface area contributed by atoms with Crippen LogP contribution in [0.25, 0.3) is 0 Å². The van der Waals surface area contributed by atoms with Gasteiger partial charge < -0.3 is 14.2 Å². The van der Waals surface area contributed by atoms with Gasteiger partial charge >= 0.3 is 31.2 Å². The number of carbonyl (C=O) groups excluding carboxylic acids is 1. The average Bonchev–Trinajstić information content (AvgIpc) is 2.91. The second-order valence-electron chi connectivity index (χ2n) is 9.64. The van der Waals surface area contributed by atoms with Crippen LogP contribution in [-0.4, -0.2) is 25.3 Å². The van der Waals surface area contributed by atoms with Crippen LogP contribution in [0.2, 0.25) is 0 Å².